The first-order valence-corrected chi connectivity index (χ1v) is 7.47. The van der Waals surface area contributed by atoms with Crippen molar-refractivity contribution in [1.29, 1.82) is 0 Å². The second-order valence-electron chi connectivity index (χ2n) is 4.52. The van der Waals surface area contributed by atoms with Crippen molar-refractivity contribution in [2.75, 3.05) is 25.4 Å². The molecule has 0 spiro atoms. The lowest BCUT2D eigenvalue weighted by atomic mass is 10.2. The topological polar surface area (TPSA) is 66.8 Å². The molecular weight excluding hydrogens is 230 g/mol. The summed E-state index contributed by atoms with van der Waals surface area (Å²) in [6, 6.07) is 0. The number of unbranched alkanes of at least 4 members (excludes halogenated alkanes) is 1. The molecule has 0 amide bonds. The molecule has 6 heteroatoms. The summed E-state index contributed by atoms with van der Waals surface area (Å²) >= 11 is 0. The zero-order valence-corrected chi connectivity index (χ0v) is 10.2. The molecule has 0 aliphatic carbocycles. The second kappa shape index (κ2) is 5.00. The summed E-state index contributed by atoms with van der Waals surface area (Å²) in [5, 5.41) is 8.64. The zero-order valence-electron chi connectivity index (χ0n) is 9.34. The van der Waals surface area contributed by atoms with Gasteiger partial charge in [0, 0.05) is 19.7 Å². The first-order chi connectivity index (χ1) is 7.62. The van der Waals surface area contributed by atoms with E-state index in [4.69, 9.17) is 9.84 Å². The molecule has 0 aromatic heterocycles. The molecule has 0 aromatic carbocycles. The number of ether oxygens (including phenoxy) is 1. The Kier molecular flexibility index (Phi) is 3.84. The summed E-state index contributed by atoms with van der Waals surface area (Å²) < 4.78 is 31.1. The van der Waals surface area contributed by atoms with E-state index in [1.165, 1.54) is 0 Å². The van der Waals surface area contributed by atoms with Crippen LogP contribution in [0.3, 0.4) is 0 Å². The molecule has 0 aromatic rings. The van der Waals surface area contributed by atoms with Crippen LogP contribution >= 0.6 is 0 Å². The third-order valence-electron chi connectivity index (χ3n) is 3.21. The van der Waals surface area contributed by atoms with Crippen LogP contribution in [0.5, 0.6) is 0 Å². The number of hydrogen-bond donors (Lipinski definition) is 1. The van der Waals surface area contributed by atoms with Gasteiger partial charge >= 0.3 is 0 Å². The Morgan fingerprint density at radius 2 is 1.81 bits per heavy atom. The summed E-state index contributed by atoms with van der Waals surface area (Å²) in [5.41, 5.74) is 0. The fraction of sp³-hybridized carbons (Fsp3) is 1.00. The molecule has 1 N–H and O–H groups in total. The third kappa shape index (κ3) is 2.74. The molecular formula is C10H19NO4S. The SMILES string of the molecule is O=S(=O)(CCCCO)N1CC2CCC(C1)O2. The van der Waals surface area contributed by atoms with Gasteiger partial charge in [0.05, 0.1) is 18.0 Å². The minimum absolute atomic E-state index is 0.0594. The Hall–Kier alpha value is -0.170. The molecule has 2 saturated heterocycles. The molecule has 2 bridgehead atoms. The van der Waals surface area contributed by atoms with Crippen LogP contribution < -0.4 is 0 Å². The van der Waals surface area contributed by atoms with Crippen molar-refractivity contribution in [2.24, 2.45) is 0 Å². The number of hydrogen-bond acceptors (Lipinski definition) is 4. The summed E-state index contributed by atoms with van der Waals surface area (Å²) in [7, 11) is -3.14. The quantitative estimate of drug-likeness (QED) is 0.694. The van der Waals surface area contributed by atoms with Crippen LogP contribution in [-0.2, 0) is 14.8 Å². The number of sulfonamides is 1. The highest BCUT2D eigenvalue weighted by Crippen LogP contribution is 2.27. The van der Waals surface area contributed by atoms with Crippen LogP contribution in [-0.4, -0.2) is 55.5 Å². The van der Waals surface area contributed by atoms with Gasteiger partial charge in [-0.3, -0.25) is 0 Å². The van der Waals surface area contributed by atoms with E-state index < -0.39 is 10.0 Å². The van der Waals surface area contributed by atoms with Crippen LogP contribution in [0.4, 0.5) is 0 Å². The highest BCUT2D eigenvalue weighted by molar-refractivity contribution is 7.89. The maximum absolute atomic E-state index is 12.0. The minimum atomic E-state index is -3.14. The van der Waals surface area contributed by atoms with Crippen LogP contribution in [0, 0.1) is 0 Å². The molecule has 2 rings (SSSR count). The molecule has 0 radical (unpaired) electrons. The number of rotatable bonds is 5. The zero-order chi connectivity index (χ0) is 11.6. The summed E-state index contributed by atoms with van der Waals surface area (Å²) in [4.78, 5) is 0. The maximum Gasteiger partial charge on any atom is 0.214 e. The third-order valence-corrected chi connectivity index (χ3v) is 5.10. The van der Waals surface area contributed by atoms with E-state index in [-0.39, 0.29) is 24.6 Å². The monoisotopic (exact) mass is 249 g/mol. The van der Waals surface area contributed by atoms with Crippen LogP contribution in [0.1, 0.15) is 25.7 Å². The summed E-state index contributed by atoms with van der Waals surface area (Å²) in [6.07, 6.45) is 3.25. The summed E-state index contributed by atoms with van der Waals surface area (Å²) in [6.45, 7) is 1.08. The van der Waals surface area contributed by atoms with E-state index in [0.717, 1.165) is 12.8 Å². The number of aliphatic hydroxyl groups excluding tert-OH is 1. The highest BCUT2D eigenvalue weighted by Gasteiger charge is 2.38. The number of nitrogens with zero attached hydrogens (tertiary/aromatic N) is 1. The molecule has 94 valence electrons. The van der Waals surface area contributed by atoms with E-state index in [2.05, 4.69) is 0 Å². The van der Waals surface area contributed by atoms with Crippen LogP contribution in [0.2, 0.25) is 0 Å². The first kappa shape index (κ1) is 12.3. The van der Waals surface area contributed by atoms with Crippen LogP contribution in [0.15, 0.2) is 0 Å². The highest BCUT2D eigenvalue weighted by atomic mass is 32.2. The predicted octanol–water partition coefficient (Wildman–Crippen LogP) is -0.0481. The van der Waals surface area contributed by atoms with Gasteiger partial charge in [-0.2, -0.15) is 4.31 Å². The van der Waals surface area contributed by atoms with Crippen molar-refractivity contribution >= 4 is 10.0 Å². The van der Waals surface area contributed by atoms with Crippen LogP contribution in [0.25, 0.3) is 0 Å². The largest absolute Gasteiger partial charge is 0.396 e. The standard InChI is InChI=1S/C10H19NO4S/c12-5-1-2-6-16(13,14)11-7-9-3-4-10(8-11)15-9/h9-10,12H,1-8H2. The van der Waals surface area contributed by atoms with Gasteiger partial charge in [0.15, 0.2) is 0 Å². The molecule has 2 fully saturated rings. The van der Waals surface area contributed by atoms with Crippen molar-refractivity contribution in [1.82, 2.24) is 4.31 Å². The Bertz CT molecular complexity index is 318. The Balaban J connectivity index is 1.91. The second-order valence-corrected chi connectivity index (χ2v) is 6.61. The molecule has 2 atom stereocenters. The van der Waals surface area contributed by atoms with Crippen molar-refractivity contribution in [2.45, 2.75) is 37.9 Å². The Morgan fingerprint density at radius 3 is 2.38 bits per heavy atom. The molecule has 0 saturated carbocycles. The number of morpholine rings is 1. The first-order valence-electron chi connectivity index (χ1n) is 5.86. The predicted molar refractivity (Wildman–Crippen MR) is 59.6 cm³/mol. The Morgan fingerprint density at radius 1 is 1.19 bits per heavy atom. The van der Waals surface area contributed by atoms with Gasteiger partial charge in [0.25, 0.3) is 0 Å². The van der Waals surface area contributed by atoms with Crippen molar-refractivity contribution in [3.8, 4) is 0 Å². The van der Waals surface area contributed by atoms with E-state index >= 15 is 0 Å². The molecule has 5 nitrogen and oxygen atoms in total. The molecule has 2 heterocycles. The average molecular weight is 249 g/mol. The van der Waals surface area contributed by atoms with E-state index in [9.17, 15) is 8.42 Å². The van der Waals surface area contributed by atoms with E-state index in [1.807, 2.05) is 0 Å². The van der Waals surface area contributed by atoms with Gasteiger partial charge in [0.2, 0.25) is 10.0 Å². The molecule has 2 unspecified atom stereocenters. The van der Waals surface area contributed by atoms with Gasteiger partial charge in [0.1, 0.15) is 0 Å². The van der Waals surface area contributed by atoms with Crippen molar-refractivity contribution < 1.29 is 18.3 Å². The van der Waals surface area contributed by atoms with Gasteiger partial charge in [-0.05, 0) is 25.7 Å². The smallest absolute Gasteiger partial charge is 0.214 e. The fourth-order valence-electron chi connectivity index (χ4n) is 2.33. The fourth-order valence-corrected chi connectivity index (χ4v) is 3.94. The number of aliphatic hydroxyl groups is 1. The average Bonchev–Trinajstić information content (AvgIpc) is 2.58. The maximum atomic E-state index is 12.0. The lowest BCUT2D eigenvalue weighted by Crippen LogP contribution is -2.46. The molecule has 2 aliphatic rings. The number of fused-ring (bicyclic) bond motifs is 2. The van der Waals surface area contributed by atoms with Crippen molar-refractivity contribution in [3.05, 3.63) is 0 Å². The van der Waals surface area contributed by atoms with E-state index in [1.54, 1.807) is 4.31 Å². The lowest BCUT2D eigenvalue weighted by molar-refractivity contribution is -0.0114. The Labute approximate surface area is 96.4 Å². The van der Waals surface area contributed by atoms with Gasteiger partial charge in [-0.15, -0.1) is 0 Å². The lowest BCUT2D eigenvalue weighted by Gasteiger charge is -2.31. The van der Waals surface area contributed by atoms with Gasteiger partial charge in [-0.25, -0.2) is 8.42 Å². The van der Waals surface area contributed by atoms with E-state index in [0.29, 0.717) is 25.9 Å². The molecule has 16 heavy (non-hydrogen) atoms. The normalized spacial score (nSPS) is 30.8. The van der Waals surface area contributed by atoms with Crippen molar-refractivity contribution in [3.63, 3.8) is 0 Å². The minimum Gasteiger partial charge on any atom is -0.396 e. The van der Waals surface area contributed by atoms with Gasteiger partial charge < -0.3 is 9.84 Å². The van der Waals surface area contributed by atoms with Gasteiger partial charge in [-0.1, -0.05) is 0 Å². The summed E-state index contributed by atoms with van der Waals surface area (Å²) in [5.74, 6) is 0.146. The molecule has 2 aliphatic heterocycles.